The van der Waals surface area contributed by atoms with E-state index in [0.29, 0.717) is 42.8 Å². The van der Waals surface area contributed by atoms with Gasteiger partial charge in [-0.3, -0.25) is 4.40 Å². The van der Waals surface area contributed by atoms with E-state index < -0.39 is 0 Å². The Morgan fingerprint density at radius 3 is 3.00 bits per heavy atom. The number of benzene rings is 1. The Morgan fingerprint density at radius 1 is 1.12 bits per heavy atom. The van der Waals surface area contributed by atoms with Crippen LogP contribution in [-0.2, 0) is 13.1 Å². The van der Waals surface area contributed by atoms with Gasteiger partial charge in [0.15, 0.2) is 23.0 Å². The minimum atomic E-state index is 0.583. The molecule has 0 spiro atoms. The van der Waals surface area contributed by atoms with Gasteiger partial charge in [0.2, 0.25) is 0 Å². The molecule has 1 aromatic carbocycles. The van der Waals surface area contributed by atoms with Gasteiger partial charge in [-0.2, -0.15) is 0 Å². The summed E-state index contributed by atoms with van der Waals surface area (Å²) >= 11 is 6.32. The maximum atomic E-state index is 6.32. The van der Waals surface area contributed by atoms with E-state index in [4.69, 9.17) is 21.1 Å². The van der Waals surface area contributed by atoms with Gasteiger partial charge in [0.1, 0.15) is 0 Å². The Morgan fingerprint density at radius 2 is 2.04 bits per heavy atom. The van der Waals surface area contributed by atoms with Gasteiger partial charge in [0, 0.05) is 19.2 Å². The van der Waals surface area contributed by atoms with Crippen molar-refractivity contribution in [2.24, 2.45) is 0 Å². The second kappa shape index (κ2) is 6.67. The van der Waals surface area contributed by atoms with Gasteiger partial charge in [-0.15, -0.1) is 10.2 Å². The van der Waals surface area contributed by atoms with Crippen molar-refractivity contribution >= 4 is 17.2 Å². The highest BCUT2D eigenvalue weighted by molar-refractivity contribution is 6.32. The van der Waals surface area contributed by atoms with Crippen LogP contribution in [-0.4, -0.2) is 27.8 Å². The molecule has 24 heavy (non-hydrogen) atoms. The lowest BCUT2D eigenvalue weighted by Crippen LogP contribution is -2.15. The lowest BCUT2D eigenvalue weighted by Gasteiger charge is -2.12. The van der Waals surface area contributed by atoms with Gasteiger partial charge in [-0.25, -0.2) is 0 Å². The number of halogens is 1. The standard InChI is InChI=1S/C17H17ClN4O2/c18-13-8-12(9-14-17(13)24-7-3-6-23-14)10-19-11-16-21-20-15-4-1-2-5-22(15)16/h1-2,4-5,8-9,19H,3,6-7,10-11H2. The summed E-state index contributed by atoms with van der Waals surface area (Å²) in [4.78, 5) is 0. The largest absolute Gasteiger partial charge is 0.489 e. The van der Waals surface area contributed by atoms with Gasteiger partial charge in [0.05, 0.1) is 24.8 Å². The number of ether oxygens (including phenoxy) is 2. The summed E-state index contributed by atoms with van der Waals surface area (Å²) in [5.41, 5.74) is 1.88. The Bertz CT molecular complexity index is 865. The number of pyridine rings is 1. The van der Waals surface area contributed by atoms with Crippen LogP contribution in [0.5, 0.6) is 11.5 Å². The molecule has 3 aromatic rings. The summed E-state index contributed by atoms with van der Waals surface area (Å²) in [5, 5.41) is 12.3. The molecule has 2 aromatic heterocycles. The van der Waals surface area contributed by atoms with Crippen molar-refractivity contribution in [2.75, 3.05) is 13.2 Å². The predicted molar refractivity (Wildman–Crippen MR) is 90.6 cm³/mol. The zero-order valence-corrected chi connectivity index (χ0v) is 13.8. The number of aromatic nitrogens is 3. The number of nitrogens with one attached hydrogen (secondary N) is 1. The van der Waals surface area contributed by atoms with Gasteiger partial charge in [-0.1, -0.05) is 17.7 Å². The van der Waals surface area contributed by atoms with Crippen LogP contribution in [0.15, 0.2) is 36.5 Å². The maximum absolute atomic E-state index is 6.32. The number of hydrogen-bond donors (Lipinski definition) is 1. The SMILES string of the molecule is Clc1cc(CNCc2nnc3ccccn23)cc2c1OCCCO2. The molecule has 4 rings (SSSR count). The highest BCUT2D eigenvalue weighted by Gasteiger charge is 2.15. The predicted octanol–water partition coefficient (Wildman–Crippen LogP) is 2.83. The van der Waals surface area contributed by atoms with E-state index in [2.05, 4.69) is 15.5 Å². The summed E-state index contributed by atoms with van der Waals surface area (Å²) < 4.78 is 13.3. The van der Waals surface area contributed by atoms with Crippen LogP contribution in [0.3, 0.4) is 0 Å². The third-order valence-corrected chi connectivity index (χ3v) is 4.14. The molecule has 0 saturated carbocycles. The fourth-order valence-corrected chi connectivity index (χ4v) is 3.00. The monoisotopic (exact) mass is 344 g/mol. The fraction of sp³-hybridized carbons (Fsp3) is 0.294. The normalized spacial score (nSPS) is 13.9. The summed E-state index contributed by atoms with van der Waals surface area (Å²) in [6.45, 7) is 2.53. The fourth-order valence-electron chi connectivity index (χ4n) is 2.72. The van der Waals surface area contributed by atoms with Crippen LogP contribution < -0.4 is 14.8 Å². The Labute approximate surface area is 144 Å². The van der Waals surface area contributed by atoms with E-state index in [1.54, 1.807) is 0 Å². The second-order valence-corrected chi connectivity index (χ2v) is 6.01. The lowest BCUT2D eigenvalue weighted by molar-refractivity contribution is 0.297. The molecule has 0 fully saturated rings. The van der Waals surface area contributed by atoms with Crippen LogP contribution >= 0.6 is 11.6 Å². The van der Waals surface area contributed by atoms with Crippen molar-refractivity contribution in [3.8, 4) is 11.5 Å². The zero-order valence-electron chi connectivity index (χ0n) is 13.0. The van der Waals surface area contributed by atoms with Crippen LogP contribution in [0.2, 0.25) is 5.02 Å². The molecule has 0 unspecified atom stereocenters. The zero-order chi connectivity index (χ0) is 16.4. The van der Waals surface area contributed by atoms with Crippen molar-refractivity contribution in [1.82, 2.24) is 19.9 Å². The molecule has 1 aliphatic heterocycles. The highest BCUT2D eigenvalue weighted by Crippen LogP contribution is 2.37. The maximum Gasteiger partial charge on any atom is 0.179 e. The molecule has 6 nitrogen and oxygen atoms in total. The Hall–Kier alpha value is -2.31. The van der Waals surface area contributed by atoms with Crippen molar-refractivity contribution in [1.29, 1.82) is 0 Å². The van der Waals surface area contributed by atoms with Gasteiger partial charge in [-0.05, 0) is 29.8 Å². The summed E-state index contributed by atoms with van der Waals surface area (Å²) in [7, 11) is 0. The van der Waals surface area contributed by atoms with Crippen molar-refractivity contribution in [2.45, 2.75) is 19.5 Å². The Kier molecular flexibility index (Phi) is 4.23. The molecule has 1 aliphatic rings. The number of nitrogens with zero attached hydrogens (tertiary/aromatic N) is 3. The second-order valence-electron chi connectivity index (χ2n) is 5.60. The number of rotatable bonds is 4. The van der Waals surface area contributed by atoms with Gasteiger partial charge < -0.3 is 14.8 Å². The molecule has 0 radical (unpaired) electrons. The topological polar surface area (TPSA) is 60.7 Å². The third-order valence-electron chi connectivity index (χ3n) is 3.86. The first-order chi connectivity index (χ1) is 11.8. The minimum absolute atomic E-state index is 0.583. The van der Waals surface area contributed by atoms with Crippen LogP contribution in [0, 0.1) is 0 Å². The number of hydrogen-bond acceptors (Lipinski definition) is 5. The smallest absolute Gasteiger partial charge is 0.179 e. The van der Waals surface area contributed by atoms with Crippen molar-refractivity contribution < 1.29 is 9.47 Å². The average molecular weight is 345 g/mol. The van der Waals surface area contributed by atoms with Crippen LogP contribution in [0.1, 0.15) is 17.8 Å². The molecule has 1 N–H and O–H groups in total. The molecule has 7 heteroatoms. The van der Waals surface area contributed by atoms with E-state index in [-0.39, 0.29) is 0 Å². The van der Waals surface area contributed by atoms with Crippen molar-refractivity contribution in [3.05, 3.63) is 52.9 Å². The average Bonchev–Trinajstić information content (AvgIpc) is 2.84. The lowest BCUT2D eigenvalue weighted by atomic mass is 10.2. The van der Waals surface area contributed by atoms with E-state index in [1.807, 2.05) is 40.9 Å². The van der Waals surface area contributed by atoms with E-state index >= 15 is 0 Å². The molecule has 0 amide bonds. The summed E-state index contributed by atoms with van der Waals surface area (Å²) in [5.74, 6) is 2.22. The van der Waals surface area contributed by atoms with Crippen LogP contribution in [0.25, 0.3) is 5.65 Å². The quantitative estimate of drug-likeness (QED) is 0.788. The number of fused-ring (bicyclic) bond motifs is 2. The molecule has 0 atom stereocenters. The minimum Gasteiger partial charge on any atom is -0.489 e. The molecule has 0 saturated heterocycles. The molecular weight excluding hydrogens is 328 g/mol. The molecular formula is C17H17ClN4O2. The first-order valence-corrected chi connectivity index (χ1v) is 8.26. The van der Waals surface area contributed by atoms with E-state index in [1.165, 1.54) is 0 Å². The molecule has 3 heterocycles. The van der Waals surface area contributed by atoms with Gasteiger partial charge in [0.25, 0.3) is 0 Å². The molecule has 0 aliphatic carbocycles. The molecule has 0 bridgehead atoms. The van der Waals surface area contributed by atoms with Gasteiger partial charge >= 0.3 is 0 Å². The molecule has 124 valence electrons. The van der Waals surface area contributed by atoms with E-state index in [9.17, 15) is 0 Å². The summed E-state index contributed by atoms with van der Waals surface area (Å²) in [6.07, 6.45) is 2.81. The first-order valence-electron chi connectivity index (χ1n) is 7.88. The summed E-state index contributed by atoms with van der Waals surface area (Å²) in [6, 6.07) is 9.72. The highest BCUT2D eigenvalue weighted by atomic mass is 35.5. The Balaban J connectivity index is 1.46. The van der Waals surface area contributed by atoms with Crippen molar-refractivity contribution in [3.63, 3.8) is 0 Å². The van der Waals surface area contributed by atoms with E-state index in [0.717, 1.165) is 23.5 Å². The third kappa shape index (κ3) is 3.02. The first kappa shape index (κ1) is 15.2. The van der Waals surface area contributed by atoms with Crippen LogP contribution in [0.4, 0.5) is 0 Å².